The molecule has 6 heteroatoms. The molecular weight excluding hydrogens is 258 g/mol. The van der Waals surface area contributed by atoms with Crippen LogP contribution in [-0.2, 0) is 11.2 Å². The molecule has 1 aromatic rings. The Kier molecular flexibility index (Phi) is 6.11. The normalized spacial score (nSPS) is 12.2. The lowest BCUT2D eigenvalue weighted by Crippen LogP contribution is -2.42. The zero-order valence-electron chi connectivity index (χ0n) is 11.8. The number of nitrogens with two attached hydrogens (primary N) is 1. The highest BCUT2D eigenvalue weighted by Gasteiger charge is 2.14. The highest BCUT2D eigenvalue weighted by Crippen LogP contribution is 2.12. The van der Waals surface area contributed by atoms with Crippen LogP contribution < -0.4 is 11.1 Å². The Bertz CT molecular complexity index is 457. The topological polar surface area (TPSA) is 98.3 Å². The van der Waals surface area contributed by atoms with E-state index in [0.717, 1.165) is 5.56 Å². The maximum Gasteiger partial charge on any atom is 0.269 e. The van der Waals surface area contributed by atoms with Crippen molar-refractivity contribution < 1.29 is 9.72 Å². The van der Waals surface area contributed by atoms with Gasteiger partial charge in [0.05, 0.1) is 11.0 Å². The van der Waals surface area contributed by atoms with Gasteiger partial charge in [-0.1, -0.05) is 26.0 Å². The van der Waals surface area contributed by atoms with Gasteiger partial charge in [0, 0.05) is 18.7 Å². The largest absolute Gasteiger partial charge is 0.354 e. The summed E-state index contributed by atoms with van der Waals surface area (Å²) >= 11 is 0. The first-order valence-corrected chi connectivity index (χ1v) is 6.66. The van der Waals surface area contributed by atoms with Crippen molar-refractivity contribution in [1.82, 2.24) is 5.32 Å². The van der Waals surface area contributed by atoms with E-state index in [0.29, 0.717) is 25.3 Å². The molecule has 0 radical (unpaired) electrons. The minimum absolute atomic E-state index is 0.0664. The Morgan fingerprint density at radius 2 is 1.95 bits per heavy atom. The number of hydrogen-bond acceptors (Lipinski definition) is 4. The smallest absolute Gasteiger partial charge is 0.269 e. The summed E-state index contributed by atoms with van der Waals surface area (Å²) in [5, 5.41) is 13.3. The molecule has 0 bridgehead atoms. The van der Waals surface area contributed by atoms with Crippen LogP contribution in [0.5, 0.6) is 0 Å². The Labute approximate surface area is 118 Å². The maximum absolute atomic E-state index is 11.7. The van der Waals surface area contributed by atoms with Crippen molar-refractivity contribution in [2.75, 3.05) is 6.54 Å². The standard InChI is InChI=1S/C14H21N3O3/c1-10(2)9-13(15)14(18)16-8-7-11-3-5-12(6-4-11)17(19)20/h3-6,10,13H,7-9,15H2,1-2H3,(H,16,18)/t13-/m0/s1. The van der Waals surface area contributed by atoms with Gasteiger partial charge in [0.25, 0.3) is 5.69 Å². The summed E-state index contributed by atoms with van der Waals surface area (Å²) < 4.78 is 0. The van der Waals surface area contributed by atoms with Crippen LogP contribution in [0, 0.1) is 16.0 Å². The van der Waals surface area contributed by atoms with Gasteiger partial charge in [-0.05, 0) is 24.3 Å². The fourth-order valence-electron chi connectivity index (χ4n) is 1.86. The highest BCUT2D eigenvalue weighted by atomic mass is 16.6. The molecule has 0 aliphatic carbocycles. The molecule has 0 aliphatic rings. The van der Waals surface area contributed by atoms with E-state index in [1.165, 1.54) is 12.1 Å². The van der Waals surface area contributed by atoms with E-state index in [9.17, 15) is 14.9 Å². The zero-order valence-corrected chi connectivity index (χ0v) is 11.8. The molecule has 0 unspecified atom stereocenters. The van der Waals surface area contributed by atoms with Crippen LogP contribution >= 0.6 is 0 Å². The van der Waals surface area contributed by atoms with E-state index >= 15 is 0 Å². The average Bonchev–Trinajstić information content (AvgIpc) is 2.38. The molecule has 3 N–H and O–H groups in total. The van der Waals surface area contributed by atoms with Gasteiger partial charge in [0.1, 0.15) is 0 Å². The lowest BCUT2D eigenvalue weighted by atomic mass is 10.0. The Morgan fingerprint density at radius 1 is 1.35 bits per heavy atom. The predicted octanol–water partition coefficient (Wildman–Crippen LogP) is 1.63. The minimum atomic E-state index is -0.480. The van der Waals surface area contributed by atoms with Gasteiger partial charge in [0.15, 0.2) is 0 Å². The number of rotatable bonds is 7. The molecule has 6 nitrogen and oxygen atoms in total. The zero-order chi connectivity index (χ0) is 15.1. The third kappa shape index (κ3) is 5.36. The predicted molar refractivity (Wildman–Crippen MR) is 77.2 cm³/mol. The summed E-state index contributed by atoms with van der Waals surface area (Å²) in [6.07, 6.45) is 1.28. The summed E-state index contributed by atoms with van der Waals surface area (Å²) in [5.41, 5.74) is 6.77. The van der Waals surface area contributed by atoms with Crippen molar-refractivity contribution >= 4 is 11.6 Å². The highest BCUT2D eigenvalue weighted by molar-refractivity contribution is 5.81. The monoisotopic (exact) mass is 279 g/mol. The average molecular weight is 279 g/mol. The number of amides is 1. The molecule has 0 saturated heterocycles. The Balaban J connectivity index is 2.37. The number of non-ortho nitro benzene ring substituents is 1. The van der Waals surface area contributed by atoms with Crippen molar-refractivity contribution in [1.29, 1.82) is 0 Å². The van der Waals surface area contributed by atoms with Crippen molar-refractivity contribution in [3.05, 3.63) is 39.9 Å². The SMILES string of the molecule is CC(C)C[C@H](N)C(=O)NCCc1ccc([N+](=O)[O-])cc1. The molecule has 0 heterocycles. The number of nitrogens with one attached hydrogen (secondary N) is 1. The first kappa shape index (κ1) is 16.1. The van der Waals surface area contributed by atoms with Crippen LogP contribution in [-0.4, -0.2) is 23.4 Å². The third-order valence-electron chi connectivity index (χ3n) is 2.92. The van der Waals surface area contributed by atoms with Crippen molar-refractivity contribution in [3.63, 3.8) is 0 Å². The van der Waals surface area contributed by atoms with Gasteiger partial charge >= 0.3 is 0 Å². The maximum atomic E-state index is 11.7. The number of carbonyl (C=O) groups excluding carboxylic acids is 1. The van der Waals surface area contributed by atoms with Gasteiger partial charge in [-0.25, -0.2) is 0 Å². The number of nitrogens with zero attached hydrogens (tertiary/aromatic N) is 1. The van der Waals surface area contributed by atoms with E-state index in [1.54, 1.807) is 12.1 Å². The van der Waals surface area contributed by atoms with E-state index in [2.05, 4.69) is 5.32 Å². The van der Waals surface area contributed by atoms with Gasteiger partial charge in [-0.3, -0.25) is 14.9 Å². The lowest BCUT2D eigenvalue weighted by Gasteiger charge is -2.14. The molecule has 0 aromatic heterocycles. The molecule has 20 heavy (non-hydrogen) atoms. The fourth-order valence-corrected chi connectivity index (χ4v) is 1.86. The van der Waals surface area contributed by atoms with Gasteiger partial charge in [-0.2, -0.15) is 0 Å². The van der Waals surface area contributed by atoms with Crippen LogP contribution in [0.1, 0.15) is 25.8 Å². The van der Waals surface area contributed by atoms with Crippen LogP contribution in [0.25, 0.3) is 0 Å². The number of benzene rings is 1. The number of nitro benzene ring substituents is 1. The lowest BCUT2D eigenvalue weighted by molar-refractivity contribution is -0.384. The Morgan fingerprint density at radius 3 is 2.45 bits per heavy atom. The van der Waals surface area contributed by atoms with Gasteiger partial charge in [0.2, 0.25) is 5.91 Å². The molecule has 0 fully saturated rings. The van der Waals surface area contributed by atoms with Crippen molar-refractivity contribution in [3.8, 4) is 0 Å². The second kappa shape index (κ2) is 7.59. The van der Waals surface area contributed by atoms with Gasteiger partial charge in [-0.15, -0.1) is 0 Å². The molecule has 110 valence electrons. The second-order valence-electron chi connectivity index (χ2n) is 5.20. The number of hydrogen-bond donors (Lipinski definition) is 2. The summed E-state index contributed by atoms with van der Waals surface area (Å²) in [4.78, 5) is 21.8. The van der Waals surface area contributed by atoms with Crippen molar-refractivity contribution in [2.24, 2.45) is 11.7 Å². The first-order valence-electron chi connectivity index (χ1n) is 6.66. The van der Waals surface area contributed by atoms with E-state index in [1.807, 2.05) is 13.8 Å². The number of nitro groups is 1. The minimum Gasteiger partial charge on any atom is -0.354 e. The summed E-state index contributed by atoms with van der Waals surface area (Å²) in [5.74, 6) is 0.228. The Hall–Kier alpha value is -1.95. The molecule has 0 aliphatic heterocycles. The van der Waals surface area contributed by atoms with Crippen molar-refractivity contribution in [2.45, 2.75) is 32.7 Å². The van der Waals surface area contributed by atoms with Crippen LogP contribution in [0.4, 0.5) is 5.69 Å². The fraction of sp³-hybridized carbons (Fsp3) is 0.500. The van der Waals surface area contributed by atoms with Crippen LogP contribution in [0.15, 0.2) is 24.3 Å². The van der Waals surface area contributed by atoms with E-state index in [4.69, 9.17) is 5.73 Å². The molecule has 1 amide bonds. The molecular formula is C14H21N3O3. The molecule has 1 atom stereocenters. The number of carbonyl (C=O) groups is 1. The van der Waals surface area contributed by atoms with Crippen LogP contribution in [0.2, 0.25) is 0 Å². The van der Waals surface area contributed by atoms with E-state index < -0.39 is 11.0 Å². The third-order valence-corrected chi connectivity index (χ3v) is 2.92. The molecule has 1 aromatic carbocycles. The molecule has 1 rings (SSSR count). The second-order valence-corrected chi connectivity index (χ2v) is 5.20. The molecule has 0 spiro atoms. The van der Waals surface area contributed by atoms with Crippen LogP contribution in [0.3, 0.4) is 0 Å². The quantitative estimate of drug-likeness (QED) is 0.585. The summed E-state index contributed by atoms with van der Waals surface area (Å²) in [6.45, 7) is 4.51. The summed E-state index contributed by atoms with van der Waals surface area (Å²) in [6, 6.07) is 5.83. The molecule has 0 saturated carbocycles. The van der Waals surface area contributed by atoms with E-state index in [-0.39, 0.29) is 11.6 Å². The van der Waals surface area contributed by atoms with Gasteiger partial charge < -0.3 is 11.1 Å². The first-order chi connectivity index (χ1) is 9.40. The summed E-state index contributed by atoms with van der Waals surface area (Å²) in [7, 11) is 0.